The fourth-order valence-electron chi connectivity index (χ4n) is 5.84. The molecular formula is C34H28ClF2N7O4S. The molecule has 0 unspecified atom stereocenters. The molecule has 0 bridgehead atoms. The summed E-state index contributed by atoms with van der Waals surface area (Å²) >= 11 is 7.64. The summed E-state index contributed by atoms with van der Waals surface area (Å²) in [7, 11) is 0. The molecule has 1 N–H and O–H groups in total. The summed E-state index contributed by atoms with van der Waals surface area (Å²) < 4.78 is 30.9. The van der Waals surface area contributed by atoms with Crippen molar-refractivity contribution in [1.82, 2.24) is 24.4 Å². The number of nitriles is 1. The summed E-state index contributed by atoms with van der Waals surface area (Å²) in [6, 6.07) is 9.18. The van der Waals surface area contributed by atoms with Gasteiger partial charge in [-0.1, -0.05) is 23.4 Å². The predicted molar refractivity (Wildman–Crippen MR) is 182 cm³/mol. The molecule has 6 rings (SSSR count). The third-order valence-electron chi connectivity index (χ3n) is 8.23. The van der Waals surface area contributed by atoms with Crippen LogP contribution in [-0.4, -0.2) is 81.4 Å². The van der Waals surface area contributed by atoms with Crippen LogP contribution in [0.25, 0.3) is 32.2 Å². The third kappa shape index (κ3) is 7.09. The van der Waals surface area contributed by atoms with Gasteiger partial charge >= 0.3 is 12.6 Å². The molecule has 250 valence electrons. The van der Waals surface area contributed by atoms with Gasteiger partial charge in [0, 0.05) is 66.0 Å². The van der Waals surface area contributed by atoms with Crippen molar-refractivity contribution in [3.8, 4) is 29.0 Å². The Morgan fingerprint density at radius 3 is 2.71 bits per heavy atom. The maximum Gasteiger partial charge on any atom is 0.345 e. The van der Waals surface area contributed by atoms with Gasteiger partial charge in [-0.15, -0.1) is 11.3 Å². The highest BCUT2D eigenvalue weighted by molar-refractivity contribution is 7.18. The van der Waals surface area contributed by atoms with E-state index < -0.39 is 18.1 Å². The summed E-state index contributed by atoms with van der Waals surface area (Å²) in [5.41, 5.74) is 2.56. The smallest absolute Gasteiger partial charge is 0.345 e. The fourth-order valence-corrected chi connectivity index (χ4v) is 7.04. The molecule has 0 spiro atoms. The first kappa shape index (κ1) is 33.9. The molecule has 11 nitrogen and oxygen atoms in total. The van der Waals surface area contributed by atoms with E-state index in [1.165, 1.54) is 22.1 Å². The molecule has 1 aliphatic heterocycles. The van der Waals surface area contributed by atoms with Gasteiger partial charge in [-0.3, -0.25) is 19.2 Å². The second-order valence-corrected chi connectivity index (χ2v) is 12.5. The lowest BCUT2D eigenvalue weighted by molar-refractivity contribution is -0.129. The topological polar surface area (TPSA) is 137 Å². The number of aryl methyl sites for hydroxylation is 1. The molecule has 1 aliphatic rings. The zero-order chi connectivity index (χ0) is 34.7. The number of halogens is 3. The number of fused-ring (bicyclic) bond motifs is 2. The Morgan fingerprint density at radius 1 is 1.18 bits per heavy atom. The van der Waals surface area contributed by atoms with Crippen molar-refractivity contribution in [3.05, 3.63) is 79.9 Å². The van der Waals surface area contributed by atoms with Crippen molar-refractivity contribution in [1.29, 1.82) is 5.26 Å². The van der Waals surface area contributed by atoms with Gasteiger partial charge in [-0.2, -0.15) is 14.0 Å². The first-order chi connectivity index (χ1) is 23.7. The van der Waals surface area contributed by atoms with Crippen LogP contribution in [0.5, 0.6) is 0 Å². The SMILES string of the molecule is Cc1nc2cnc(N3CCN(CCCOC(F)F)CC3)c(C#N)c2c(=O)n1CC#Cc1ccc(Cl)cc1-c1ccnc2c(C(=O)O)csc12. The number of carboxylic acids is 1. The number of piperazine rings is 1. The predicted octanol–water partition coefficient (Wildman–Crippen LogP) is 5.40. The van der Waals surface area contributed by atoms with Crippen LogP contribution in [0.1, 0.15) is 33.7 Å². The minimum absolute atomic E-state index is 0.0138. The number of rotatable bonds is 9. The Hall–Kier alpha value is -4.99. The third-order valence-corrected chi connectivity index (χ3v) is 9.47. The number of aromatic nitrogens is 4. The van der Waals surface area contributed by atoms with Gasteiger partial charge in [-0.25, -0.2) is 14.8 Å². The van der Waals surface area contributed by atoms with Crippen LogP contribution in [0.3, 0.4) is 0 Å². The molecule has 1 fully saturated rings. The molecule has 15 heteroatoms. The largest absolute Gasteiger partial charge is 0.478 e. The number of hydrogen-bond acceptors (Lipinski definition) is 10. The van der Waals surface area contributed by atoms with E-state index in [9.17, 15) is 28.7 Å². The first-order valence-corrected chi connectivity index (χ1v) is 16.5. The Morgan fingerprint density at radius 2 is 1.98 bits per heavy atom. The summed E-state index contributed by atoms with van der Waals surface area (Å²) in [5.74, 6) is 5.94. The number of hydrogen-bond donors (Lipinski definition) is 1. The standard InChI is InChI=1S/C34H28ClF2N7O4S/c1-20-41-27-18-40-31(43-13-11-42(12-14-43)9-3-15-48-34(36)37)25(17-38)28(27)32(45)44(20)10-2-4-21-5-6-22(35)16-24(21)23-7-8-39-29-26(33(46)47)19-49-30(23)29/h5-8,16,18-19,34H,3,9-15H2,1H3,(H,46,47). The molecule has 1 saturated heterocycles. The quantitative estimate of drug-likeness (QED) is 0.157. The molecule has 0 amide bonds. The number of nitrogens with zero attached hydrogens (tertiary/aromatic N) is 7. The van der Waals surface area contributed by atoms with E-state index in [1.54, 1.807) is 42.8 Å². The molecule has 4 aromatic heterocycles. The second kappa shape index (κ2) is 14.6. The molecule has 0 saturated carbocycles. The van der Waals surface area contributed by atoms with E-state index in [0.29, 0.717) is 82.7 Å². The van der Waals surface area contributed by atoms with E-state index >= 15 is 0 Å². The van der Waals surface area contributed by atoms with Crippen molar-refractivity contribution in [2.45, 2.75) is 26.5 Å². The number of pyridine rings is 2. The lowest BCUT2D eigenvalue weighted by Crippen LogP contribution is -2.47. The minimum Gasteiger partial charge on any atom is -0.478 e. The number of alkyl halides is 2. The number of benzene rings is 1. The maximum absolute atomic E-state index is 13.9. The van der Waals surface area contributed by atoms with E-state index in [0.717, 1.165) is 5.56 Å². The maximum atomic E-state index is 13.9. The average Bonchev–Trinajstić information content (AvgIpc) is 3.53. The summed E-state index contributed by atoms with van der Waals surface area (Å²) in [6.45, 7) is 1.83. The van der Waals surface area contributed by atoms with Crippen LogP contribution >= 0.6 is 22.9 Å². The zero-order valence-corrected chi connectivity index (χ0v) is 27.7. The van der Waals surface area contributed by atoms with Crippen molar-refractivity contribution in [2.24, 2.45) is 0 Å². The van der Waals surface area contributed by atoms with E-state index in [2.05, 4.69) is 42.5 Å². The van der Waals surface area contributed by atoms with Crippen molar-refractivity contribution in [3.63, 3.8) is 0 Å². The van der Waals surface area contributed by atoms with Crippen LogP contribution in [0.4, 0.5) is 14.6 Å². The van der Waals surface area contributed by atoms with E-state index in [-0.39, 0.29) is 29.7 Å². The molecular weight excluding hydrogens is 676 g/mol. The van der Waals surface area contributed by atoms with E-state index in [1.807, 2.05) is 4.90 Å². The van der Waals surface area contributed by atoms with Gasteiger partial charge in [-0.05, 0) is 37.6 Å². The fraction of sp³-hybridized carbons (Fsp3) is 0.294. The summed E-state index contributed by atoms with van der Waals surface area (Å²) in [4.78, 5) is 43.0. The molecule has 0 atom stereocenters. The Balaban J connectivity index is 1.28. The first-order valence-electron chi connectivity index (χ1n) is 15.2. The number of anilines is 1. The summed E-state index contributed by atoms with van der Waals surface area (Å²) in [6.07, 6.45) is 3.52. The number of carbonyl (C=O) groups is 1. The number of carboxylic acid groups (broad SMARTS) is 1. The average molecular weight is 704 g/mol. The lowest BCUT2D eigenvalue weighted by Gasteiger charge is -2.35. The molecule has 49 heavy (non-hydrogen) atoms. The van der Waals surface area contributed by atoms with Gasteiger partial charge in [0.25, 0.3) is 5.56 Å². The van der Waals surface area contributed by atoms with Gasteiger partial charge in [0.2, 0.25) is 0 Å². The lowest BCUT2D eigenvalue weighted by atomic mass is 10.00. The molecule has 0 radical (unpaired) electrons. The van der Waals surface area contributed by atoms with Crippen LogP contribution in [0.15, 0.2) is 46.8 Å². The van der Waals surface area contributed by atoms with Crippen LogP contribution in [-0.2, 0) is 11.3 Å². The van der Waals surface area contributed by atoms with Gasteiger partial charge in [0.15, 0.2) is 0 Å². The van der Waals surface area contributed by atoms with Gasteiger partial charge in [0.1, 0.15) is 23.3 Å². The highest BCUT2D eigenvalue weighted by Gasteiger charge is 2.24. The number of aromatic carboxylic acids is 1. The van der Waals surface area contributed by atoms with Gasteiger partial charge in [0.05, 0.1) is 46.0 Å². The second-order valence-electron chi connectivity index (χ2n) is 11.2. The molecule has 1 aromatic carbocycles. The Labute approximate surface area is 288 Å². The number of thiophene rings is 1. The van der Waals surface area contributed by atoms with Crippen molar-refractivity contribution < 1.29 is 23.4 Å². The van der Waals surface area contributed by atoms with Gasteiger partial charge < -0.3 is 14.7 Å². The van der Waals surface area contributed by atoms with E-state index in [4.69, 9.17) is 11.6 Å². The minimum atomic E-state index is -2.78. The highest BCUT2D eigenvalue weighted by Crippen LogP contribution is 2.36. The Kier molecular flexibility index (Phi) is 10.1. The zero-order valence-electron chi connectivity index (χ0n) is 26.1. The molecule has 5 aromatic rings. The highest BCUT2D eigenvalue weighted by atomic mass is 35.5. The number of ether oxygens (including phenoxy) is 1. The van der Waals surface area contributed by atoms with Crippen LogP contribution in [0.2, 0.25) is 5.02 Å². The summed E-state index contributed by atoms with van der Waals surface area (Å²) in [5, 5.41) is 22.0. The monoisotopic (exact) mass is 703 g/mol. The van der Waals surface area contributed by atoms with Crippen molar-refractivity contribution in [2.75, 3.05) is 44.2 Å². The Bertz CT molecular complexity index is 2230. The van der Waals surface area contributed by atoms with Crippen LogP contribution < -0.4 is 10.5 Å². The van der Waals surface area contributed by atoms with Crippen molar-refractivity contribution >= 4 is 55.8 Å². The molecule has 0 aliphatic carbocycles. The van der Waals surface area contributed by atoms with Crippen LogP contribution in [0, 0.1) is 30.1 Å². The molecule has 5 heterocycles. The normalized spacial score (nSPS) is 13.5.